The third-order valence-corrected chi connectivity index (χ3v) is 4.13. The maximum Gasteiger partial charge on any atom is 0.273 e. The first kappa shape index (κ1) is 17.4. The number of anilines is 2. The lowest BCUT2D eigenvalue weighted by Gasteiger charge is -2.34. The molecule has 1 aromatic heterocycles. The molecule has 0 unspecified atom stereocenters. The predicted octanol–water partition coefficient (Wildman–Crippen LogP) is 3.43. The lowest BCUT2D eigenvalue weighted by Crippen LogP contribution is -2.47. The third-order valence-electron chi connectivity index (χ3n) is 3.37. The van der Waals surface area contributed by atoms with E-state index in [1.165, 1.54) is 11.3 Å². The second kappa shape index (κ2) is 7.10. The molecular formula is C17H23N3O2S. The van der Waals surface area contributed by atoms with Crippen molar-refractivity contribution in [1.29, 1.82) is 0 Å². The molecule has 0 bridgehead atoms. The van der Waals surface area contributed by atoms with Crippen LogP contribution in [0.15, 0.2) is 29.6 Å². The van der Waals surface area contributed by atoms with Crippen molar-refractivity contribution in [3.05, 3.63) is 40.9 Å². The van der Waals surface area contributed by atoms with Crippen molar-refractivity contribution in [3.63, 3.8) is 0 Å². The lowest BCUT2D eigenvalue weighted by molar-refractivity contribution is 0.0522. The van der Waals surface area contributed by atoms with Crippen LogP contribution in [0.3, 0.4) is 0 Å². The van der Waals surface area contributed by atoms with Gasteiger partial charge in [0.15, 0.2) is 5.13 Å². The van der Waals surface area contributed by atoms with Crippen LogP contribution in [0.4, 0.5) is 10.8 Å². The number of amides is 1. The van der Waals surface area contributed by atoms with Crippen LogP contribution in [-0.2, 0) is 0 Å². The topological polar surface area (TPSA) is 65.5 Å². The molecule has 2 rings (SSSR count). The van der Waals surface area contributed by atoms with Crippen molar-refractivity contribution in [3.8, 4) is 0 Å². The Hall–Kier alpha value is -1.92. The van der Waals surface area contributed by atoms with Gasteiger partial charge in [-0.15, -0.1) is 11.3 Å². The highest BCUT2D eigenvalue weighted by atomic mass is 32.1. The van der Waals surface area contributed by atoms with E-state index in [2.05, 4.69) is 10.3 Å². The molecule has 0 saturated heterocycles. The number of β-amino-alcohol motifs (C(OH)–C–C–N with tert-alkyl or cyclic N) is 1. The molecular weight excluding hydrogens is 310 g/mol. The van der Waals surface area contributed by atoms with Crippen molar-refractivity contribution in [2.45, 2.75) is 33.2 Å². The van der Waals surface area contributed by atoms with E-state index in [0.717, 1.165) is 11.3 Å². The normalized spacial score (nSPS) is 11.3. The number of benzene rings is 1. The molecule has 1 amide bonds. The van der Waals surface area contributed by atoms with Crippen molar-refractivity contribution in [2.24, 2.45) is 0 Å². The highest BCUT2D eigenvalue weighted by molar-refractivity contribution is 7.14. The van der Waals surface area contributed by atoms with Gasteiger partial charge in [0, 0.05) is 23.2 Å². The second-order valence-electron chi connectivity index (χ2n) is 6.38. The molecule has 0 aliphatic rings. The Morgan fingerprint density at radius 2 is 2.13 bits per heavy atom. The predicted molar refractivity (Wildman–Crippen MR) is 94.5 cm³/mol. The van der Waals surface area contributed by atoms with Gasteiger partial charge in [-0.1, -0.05) is 12.1 Å². The van der Waals surface area contributed by atoms with Crippen LogP contribution < -0.4 is 5.32 Å². The van der Waals surface area contributed by atoms with E-state index in [1.54, 1.807) is 10.3 Å². The summed E-state index contributed by atoms with van der Waals surface area (Å²) in [6.07, 6.45) is 0. The van der Waals surface area contributed by atoms with Gasteiger partial charge in [-0.25, -0.2) is 4.98 Å². The SMILES string of the molecule is Cc1cccc(Nc2nc(C(=O)N(CCO)C(C)(C)C)cs2)c1. The summed E-state index contributed by atoms with van der Waals surface area (Å²) in [6.45, 7) is 8.08. The maximum atomic E-state index is 12.6. The first-order chi connectivity index (χ1) is 10.8. The fourth-order valence-electron chi connectivity index (χ4n) is 2.26. The Kier molecular flexibility index (Phi) is 5.38. The Labute approximate surface area is 141 Å². The molecule has 1 heterocycles. The summed E-state index contributed by atoms with van der Waals surface area (Å²) < 4.78 is 0. The van der Waals surface area contributed by atoms with Crippen LogP contribution in [0, 0.1) is 6.92 Å². The molecule has 0 radical (unpaired) electrons. The molecule has 2 N–H and O–H groups in total. The van der Waals surface area contributed by atoms with E-state index in [4.69, 9.17) is 0 Å². The van der Waals surface area contributed by atoms with Gasteiger partial charge in [0.2, 0.25) is 0 Å². The quantitative estimate of drug-likeness (QED) is 0.880. The number of hydrogen-bond acceptors (Lipinski definition) is 5. The van der Waals surface area contributed by atoms with Crippen LogP contribution in [0.1, 0.15) is 36.8 Å². The van der Waals surface area contributed by atoms with E-state index in [1.807, 2.05) is 52.0 Å². The van der Waals surface area contributed by atoms with Gasteiger partial charge < -0.3 is 15.3 Å². The molecule has 1 aromatic carbocycles. The molecule has 0 atom stereocenters. The van der Waals surface area contributed by atoms with E-state index < -0.39 is 0 Å². The largest absolute Gasteiger partial charge is 0.395 e. The number of nitrogens with one attached hydrogen (secondary N) is 1. The summed E-state index contributed by atoms with van der Waals surface area (Å²) in [6, 6.07) is 7.98. The number of rotatable bonds is 5. The molecule has 23 heavy (non-hydrogen) atoms. The summed E-state index contributed by atoms with van der Waals surface area (Å²) in [7, 11) is 0. The fourth-order valence-corrected chi connectivity index (χ4v) is 2.96. The molecule has 0 fully saturated rings. The van der Waals surface area contributed by atoms with Crippen LogP contribution in [0.2, 0.25) is 0 Å². The monoisotopic (exact) mass is 333 g/mol. The number of nitrogens with zero attached hydrogens (tertiary/aromatic N) is 2. The number of aryl methyl sites for hydroxylation is 1. The Morgan fingerprint density at radius 3 is 2.74 bits per heavy atom. The number of carbonyl (C=O) groups excluding carboxylic acids is 1. The Bertz CT molecular complexity index is 676. The minimum Gasteiger partial charge on any atom is -0.395 e. The number of hydrogen-bond donors (Lipinski definition) is 2. The van der Waals surface area contributed by atoms with Gasteiger partial charge in [-0.3, -0.25) is 4.79 Å². The zero-order chi connectivity index (χ0) is 17.0. The molecule has 0 spiro atoms. The molecule has 0 saturated carbocycles. The third kappa shape index (κ3) is 4.53. The minimum atomic E-state index is -0.367. The zero-order valence-electron chi connectivity index (χ0n) is 14.0. The van der Waals surface area contributed by atoms with Crippen LogP contribution in [-0.4, -0.2) is 39.6 Å². The first-order valence-electron chi connectivity index (χ1n) is 7.53. The Balaban J connectivity index is 2.16. The molecule has 0 aliphatic carbocycles. The fraction of sp³-hybridized carbons (Fsp3) is 0.412. The van der Waals surface area contributed by atoms with Crippen LogP contribution in [0.25, 0.3) is 0 Å². The van der Waals surface area contributed by atoms with Crippen LogP contribution in [0.5, 0.6) is 0 Å². The van der Waals surface area contributed by atoms with E-state index >= 15 is 0 Å². The molecule has 5 nitrogen and oxygen atoms in total. The van der Waals surface area contributed by atoms with Gasteiger partial charge in [0.1, 0.15) is 5.69 Å². The highest BCUT2D eigenvalue weighted by Crippen LogP contribution is 2.24. The number of aliphatic hydroxyl groups is 1. The number of carbonyl (C=O) groups is 1. The number of aromatic nitrogens is 1. The van der Waals surface area contributed by atoms with Gasteiger partial charge in [0.25, 0.3) is 5.91 Å². The van der Waals surface area contributed by atoms with Crippen molar-refractivity contribution in [1.82, 2.24) is 9.88 Å². The highest BCUT2D eigenvalue weighted by Gasteiger charge is 2.28. The van der Waals surface area contributed by atoms with Crippen molar-refractivity contribution >= 4 is 28.1 Å². The van der Waals surface area contributed by atoms with E-state index in [9.17, 15) is 9.90 Å². The first-order valence-corrected chi connectivity index (χ1v) is 8.41. The molecule has 0 aliphatic heterocycles. The minimum absolute atomic E-state index is 0.0679. The second-order valence-corrected chi connectivity index (χ2v) is 7.24. The van der Waals surface area contributed by atoms with E-state index in [-0.39, 0.29) is 18.1 Å². The maximum absolute atomic E-state index is 12.6. The van der Waals surface area contributed by atoms with Gasteiger partial charge in [0.05, 0.1) is 6.61 Å². The van der Waals surface area contributed by atoms with Crippen molar-refractivity contribution in [2.75, 3.05) is 18.5 Å². The van der Waals surface area contributed by atoms with Crippen LogP contribution >= 0.6 is 11.3 Å². The summed E-state index contributed by atoms with van der Waals surface area (Å²) >= 11 is 1.39. The lowest BCUT2D eigenvalue weighted by atomic mass is 10.1. The van der Waals surface area contributed by atoms with Gasteiger partial charge in [-0.2, -0.15) is 0 Å². The summed E-state index contributed by atoms with van der Waals surface area (Å²) in [5.74, 6) is -0.167. The average molecular weight is 333 g/mol. The van der Waals surface area contributed by atoms with Gasteiger partial charge in [-0.05, 0) is 45.4 Å². The molecule has 124 valence electrons. The molecule has 6 heteroatoms. The van der Waals surface area contributed by atoms with Crippen molar-refractivity contribution < 1.29 is 9.90 Å². The smallest absolute Gasteiger partial charge is 0.273 e. The number of aliphatic hydroxyl groups excluding tert-OH is 1. The Morgan fingerprint density at radius 1 is 1.39 bits per heavy atom. The van der Waals surface area contributed by atoms with Gasteiger partial charge >= 0.3 is 0 Å². The zero-order valence-corrected chi connectivity index (χ0v) is 14.8. The van der Waals surface area contributed by atoms with E-state index in [0.29, 0.717) is 17.4 Å². The average Bonchev–Trinajstić information content (AvgIpc) is 2.91. The summed E-state index contributed by atoms with van der Waals surface area (Å²) in [4.78, 5) is 18.7. The standard InChI is InChI=1S/C17H23N3O2S/c1-12-6-5-7-13(10-12)18-16-19-14(11-23-16)15(22)20(8-9-21)17(2,3)4/h5-7,10-11,21H,8-9H2,1-4H3,(H,18,19). The summed E-state index contributed by atoms with van der Waals surface area (Å²) in [5, 5.41) is 14.8. The number of thiazole rings is 1. The summed E-state index contributed by atoms with van der Waals surface area (Å²) in [5.41, 5.74) is 2.13. The molecule has 2 aromatic rings.